The van der Waals surface area contributed by atoms with Crippen molar-refractivity contribution in [1.29, 1.82) is 5.26 Å². The summed E-state index contributed by atoms with van der Waals surface area (Å²) < 4.78 is 2.66. The van der Waals surface area contributed by atoms with E-state index in [4.69, 9.17) is 11.6 Å². The number of pyridine rings is 1. The largest absolute Gasteiger partial charge is 0.364 e. The highest BCUT2D eigenvalue weighted by Crippen LogP contribution is 2.87. The van der Waals surface area contributed by atoms with Gasteiger partial charge in [-0.15, -0.1) is 11.3 Å². The van der Waals surface area contributed by atoms with E-state index in [0.717, 1.165) is 29.1 Å². The zero-order valence-corrected chi connectivity index (χ0v) is 20.2. The van der Waals surface area contributed by atoms with Gasteiger partial charge in [0.05, 0.1) is 27.6 Å². The maximum absolute atomic E-state index is 13.1. The second-order valence-electron chi connectivity index (χ2n) is 9.75. The zero-order chi connectivity index (χ0) is 23.8. The molecule has 0 saturated heterocycles. The number of imidazole rings is 1. The predicted octanol–water partition coefficient (Wildman–Crippen LogP) is 4.87. The molecule has 0 aromatic carbocycles. The van der Waals surface area contributed by atoms with Crippen molar-refractivity contribution in [2.24, 2.45) is 5.41 Å². The molecule has 3 saturated carbocycles. The van der Waals surface area contributed by atoms with Gasteiger partial charge >= 0.3 is 0 Å². The number of nitrogens with zero attached hydrogens (tertiary/aromatic N) is 5. The van der Waals surface area contributed by atoms with Gasteiger partial charge in [0.15, 0.2) is 0 Å². The summed E-state index contributed by atoms with van der Waals surface area (Å²) in [5.74, 6) is 1.69. The number of nitriles is 1. The fraction of sp³-hybridized carbons (Fsp3) is 0.320. The molecule has 4 aromatic heterocycles. The van der Waals surface area contributed by atoms with Gasteiger partial charge in [-0.05, 0) is 49.3 Å². The van der Waals surface area contributed by atoms with Crippen molar-refractivity contribution in [2.45, 2.75) is 43.6 Å². The van der Waals surface area contributed by atoms with Crippen molar-refractivity contribution in [3.8, 4) is 6.07 Å². The third-order valence-corrected chi connectivity index (χ3v) is 8.96. The second-order valence-corrected chi connectivity index (χ2v) is 11.4. The number of carbonyl (C=O) groups is 1. The van der Waals surface area contributed by atoms with Gasteiger partial charge in [-0.3, -0.25) is 4.79 Å². The lowest BCUT2D eigenvalue weighted by Gasteiger charge is -2.08. The molecule has 3 aliphatic rings. The Labute approximate surface area is 210 Å². The Morgan fingerprint density at radius 3 is 2.86 bits per heavy atom. The van der Waals surface area contributed by atoms with Crippen molar-refractivity contribution in [3.05, 3.63) is 69.0 Å². The van der Waals surface area contributed by atoms with Gasteiger partial charge in [0.1, 0.15) is 29.7 Å². The van der Waals surface area contributed by atoms with Gasteiger partial charge in [0.2, 0.25) is 5.91 Å². The molecule has 0 radical (unpaired) electrons. The van der Waals surface area contributed by atoms with E-state index in [-0.39, 0.29) is 11.3 Å². The molecule has 4 aromatic rings. The molecular weight excluding hydrogens is 482 g/mol. The Bertz CT molecular complexity index is 1560. The highest BCUT2D eigenvalue weighted by molar-refractivity contribution is 7.16. The molecule has 3 aliphatic carbocycles. The number of carbonyl (C=O) groups excluding carboxylic acids is 1. The van der Waals surface area contributed by atoms with Gasteiger partial charge in [0.25, 0.3) is 0 Å². The molecule has 7 rings (SSSR count). The highest BCUT2D eigenvalue weighted by atomic mass is 35.5. The predicted molar refractivity (Wildman–Crippen MR) is 133 cm³/mol. The van der Waals surface area contributed by atoms with Gasteiger partial charge in [-0.25, -0.2) is 15.0 Å². The van der Waals surface area contributed by atoms with Crippen molar-refractivity contribution >= 4 is 46.1 Å². The first-order valence-electron chi connectivity index (χ1n) is 11.5. The number of fused-ring (bicyclic) bond motifs is 2. The van der Waals surface area contributed by atoms with E-state index in [9.17, 15) is 10.1 Å². The molecular formula is C25H20ClN7OS. The molecule has 8 nitrogen and oxygen atoms in total. The summed E-state index contributed by atoms with van der Waals surface area (Å²) >= 11 is 7.53. The summed E-state index contributed by atoms with van der Waals surface area (Å²) in [6.45, 7) is 0.508. The van der Waals surface area contributed by atoms with E-state index in [0.29, 0.717) is 34.0 Å². The molecule has 0 atom stereocenters. The smallest absolute Gasteiger partial charge is 0.232 e. The van der Waals surface area contributed by atoms with E-state index >= 15 is 0 Å². The summed E-state index contributed by atoms with van der Waals surface area (Å²) in [6, 6.07) is 9.85. The van der Waals surface area contributed by atoms with Crippen LogP contribution in [0.5, 0.6) is 0 Å². The Morgan fingerprint density at radius 2 is 2.06 bits per heavy atom. The first kappa shape index (κ1) is 20.9. The maximum atomic E-state index is 13.1. The second kappa shape index (κ2) is 7.26. The van der Waals surface area contributed by atoms with Crippen LogP contribution in [0.2, 0.25) is 4.34 Å². The molecule has 0 spiro atoms. The van der Waals surface area contributed by atoms with Crippen LogP contribution in [-0.2, 0) is 16.8 Å². The Balaban J connectivity index is 1.02. The van der Waals surface area contributed by atoms with Crippen LogP contribution in [0, 0.1) is 16.7 Å². The lowest BCUT2D eigenvalue weighted by molar-refractivity contribution is -0.119. The SMILES string of the molecule is N#Cc1cc(Cl)sc1[C@]12C[C@]1(C(=O)Nc1cc(NCc3cn4cc(C5CC5)ccc4n3)ncn1)C2. The van der Waals surface area contributed by atoms with Crippen LogP contribution in [0.3, 0.4) is 0 Å². The van der Waals surface area contributed by atoms with Crippen molar-refractivity contribution in [1.82, 2.24) is 19.4 Å². The standard InChI is InChI=1S/C25H20ClN7OS/c26-18-5-16(7-27)22(35-18)24-11-25(24,12-24)23(34)32-20-6-19(29-13-30-20)28-8-17-10-33-9-15(14-1-2-14)3-4-21(33)31-17/h3-6,9-10,13-14H,1-2,8,11-12H2,(H2,28,29,30,32,34)/t24-,25-. The third-order valence-electron chi connectivity index (χ3n) is 7.50. The Hall–Kier alpha value is -3.48. The number of anilines is 2. The van der Waals surface area contributed by atoms with E-state index in [1.165, 1.54) is 36.1 Å². The van der Waals surface area contributed by atoms with Crippen molar-refractivity contribution < 1.29 is 4.79 Å². The molecule has 10 heteroatoms. The Morgan fingerprint density at radius 1 is 1.23 bits per heavy atom. The number of halogens is 1. The fourth-order valence-electron chi connectivity index (χ4n) is 5.19. The van der Waals surface area contributed by atoms with Crippen molar-refractivity contribution in [3.63, 3.8) is 0 Å². The lowest BCUT2D eigenvalue weighted by Crippen LogP contribution is -2.19. The fourth-order valence-corrected chi connectivity index (χ4v) is 6.65. The quantitative estimate of drug-likeness (QED) is 0.374. The minimum absolute atomic E-state index is 0.0672. The molecule has 0 aliphatic heterocycles. The van der Waals surface area contributed by atoms with Crippen LogP contribution < -0.4 is 10.6 Å². The zero-order valence-electron chi connectivity index (χ0n) is 18.6. The van der Waals surface area contributed by atoms with Crippen LogP contribution in [0.25, 0.3) is 5.65 Å². The van der Waals surface area contributed by atoms with E-state index in [1.807, 2.05) is 6.20 Å². The molecule has 3 fully saturated rings. The average Bonchev–Trinajstić information content (AvgIpc) is 3.78. The summed E-state index contributed by atoms with van der Waals surface area (Å²) in [7, 11) is 0. The van der Waals surface area contributed by atoms with E-state index in [2.05, 4.69) is 54.4 Å². The monoisotopic (exact) mass is 501 g/mol. The van der Waals surface area contributed by atoms with Gasteiger partial charge in [-0.2, -0.15) is 5.26 Å². The lowest BCUT2D eigenvalue weighted by atomic mass is 10.1. The van der Waals surface area contributed by atoms with Crippen LogP contribution >= 0.6 is 22.9 Å². The molecule has 0 bridgehead atoms. The van der Waals surface area contributed by atoms with Crippen molar-refractivity contribution in [2.75, 3.05) is 10.6 Å². The van der Waals surface area contributed by atoms with Crippen LogP contribution in [0.15, 0.2) is 43.0 Å². The molecule has 2 N–H and O–H groups in total. The normalized spacial score (nSPS) is 24.0. The Kier molecular flexibility index (Phi) is 4.33. The number of hydrogen-bond donors (Lipinski definition) is 2. The number of amides is 1. The van der Waals surface area contributed by atoms with Crippen LogP contribution in [0.1, 0.15) is 53.3 Å². The van der Waals surface area contributed by atoms with Crippen LogP contribution in [0.4, 0.5) is 11.6 Å². The number of aromatic nitrogens is 4. The average molecular weight is 502 g/mol. The molecule has 35 heavy (non-hydrogen) atoms. The first-order chi connectivity index (χ1) is 17.0. The topological polar surface area (TPSA) is 108 Å². The number of nitrogens with one attached hydrogen (secondary N) is 2. The molecule has 4 heterocycles. The molecule has 0 unspecified atom stereocenters. The van der Waals surface area contributed by atoms with Gasteiger partial charge in [0, 0.05) is 28.8 Å². The minimum atomic E-state index is -0.457. The molecule has 1 amide bonds. The van der Waals surface area contributed by atoms with E-state index < -0.39 is 5.41 Å². The van der Waals surface area contributed by atoms with Gasteiger partial charge < -0.3 is 15.0 Å². The molecule has 174 valence electrons. The van der Waals surface area contributed by atoms with Gasteiger partial charge in [-0.1, -0.05) is 17.7 Å². The number of hydrogen-bond acceptors (Lipinski definition) is 7. The third kappa shape index (κ3) is 3.32. The summed E-state index contributed by atoms with van der Waals surface area (Å²) in [5, 5.41) is 15.6. The van der Waals surface area contributed by atoms with Crippen LogP contribution in [-0.4, -0.2) is 25.3 Å². The van der Waals surface area contributed by atoms with E-state index in [1.54, 1.807) is 12.1 Å². The summed E-state index contributed by atoms with van der Waals surface area (Å²) in [4.78, 5) is 27.2. The summed E-state index contributed by atoms with van der Waals surface area (Å²) in [5.41, 5.74) is 3.08. The maximum Gasteiger partial charge on any atom is 0.232 e. The summed E-state index contributed by atoms with van der Waals surface area (Å²) in [6.07, 6.45) is 9.65. The minimum Gasteiger partial charge on any atom is -0.364 e. The first-order valence-corrected chi connectivity index (χ1v) is 12.7. The number of rotatable bonds is 7. The number of thiophene rings is 1. The highest BCUT2D eigenvalue weighted by Gasteiger charge is 2.88.